The van der Waals surface area contributed by atoms with E-state index in [1.165, 1.54) is 0 Å². The van der Waals surface area contributed by atoms with Crippen LogP contribution in [0.1, 0.15) is 44.7 Å². The van der Waals surface area contributed by atoms with E-state index in [1.54, 1.807) is 0 Å². The quantitative estimate of drug-likeness (QED) is 0.859. The number of ether oxygens (including phenoxy) is 1. The van der Waals surface area contributed by atoms with E-state index in [0.29, 0.717) is 18.0 Å². The van der Waals surface area contributed by atoms with Crippen LogP contribution in [0, 0.1) is 17.9 Å². The largest absolute Gasteiger partial charge is 0.504 e. The molecular weight excluding hydrogens is 300 g/mol. The highest BCUT2D eigenvalue weighted by molar-refractivity contribution is 5.67. The van der Waals surface area contributed by atoms with Crippen molar-refractivity contribution in [3.63, 3.8) is 0 Å². The third-order valence-electron chi connectivity index (χ3n) is 5.99. The maximum absolute atomic E-state index is 12.0. The van der Waals surface area contributed by atoms with E-state index in [2.05, 4.69) is 30.6 Å². The SMILES string of the molecule is [C-]#[N+]c1ccc2c(c1OCC)C(O)(C1CCN(C)CC1)C(C)(C)C2. The Balaban J connectivity index is 2.16. The van der Waals surface area contributed by atoms with E-state index in [1.807, 2.05) is 19.1 Å². The van der Waals surface area contributed by atoms with Crippen molar-refractivity contribution in [2.45, 2.75) is 45.6 Å². The van der Waals surface area contributed by atoms with Gasteiger partial charge in [0.2, 0.25) is 5.69 Å². The van der Waals surface area contributed by atoms with Gasteiger partial charge >= 0.3 is 0 Å². The van der Waals surface area contributed by atoms with E-state index in [4.69, 9.17) is 11.3 Å². The summed E-state index contributed by atoms with van der Waals surface area (Å²) in [4.78, 5) is 5.96. The average molecular weight is 328 g/mol. The molecule has 0 bridgehead atoms. The summed E-state index contributed by atoms with van der Waals surface area (Å²) < 4.78 is 5.89. The van der Waals surface area contributed by atoms with Gasteiger partial charge in [-0.2, -0.15) is 0 Å². The molecule has 4 heteroatoms. The first-order valence-corrected chi connectivity index (χ1v) is 8.92. The van der Waals surface area contributed by atoms with Crippen LogP contribution in [0.15, 0.2) is 12.1 Å². The van der Waals surface area contributed by atoms with Gasteiger partial charge in [0.25, 0.3) is 0 Å². The number of likely N-dealkylation sites (tertiary alicyclic amines) is 1. The molecule has 1 heterocycles. The van der Waals surface area contributed by atoms with Gasteiger partial charge in [0, 0.05) is 11.0 Å². The Morgan fingerprint density at radius 3 is 2.58 bits per heavy atom. The average Bonchev–Trinajstić information content (AvgIpc) is 2.76. The first kappa shape index (κ1) is 17.3. The Morgan fingerprint density at radius 1 is 1.33 bits per heavy atom. The molecule has 1 unspecified atom stereocenters. The molecular formula is C20H28N2O2. The second-order valence-corrected chi connectivity index (χ2v) is 7.90. The lowest BCUT2D eigenvalue weighted by atomic mass is 9.65. The van der Waals surface area contributed by atoms with E-state index < -0.39 is 5.60 Å². The first-order valence-electron chi connectivity index (χ1n) is 8.92. The van der Waals surface area contributed by atoms with Crippen LogP contribution in [-0.4, -0.2) is 36.8 Å². The van der Waals surface area contributed by atoms with Crippen molar-refractivity contribution in [3.05, 3.63) is 34.7 Å². The third kappa shape index (κ3) is 2.42. The van der Waals surface area contributed by atoms with Crippen molar-refractivity contribution in [3.8, 4) is 5.75 Å². The summed E-state index contributed by atoms with van der Waals surface area (Å²) in [6.07, 6.45) is 2.77. The topological polar surface area (TPSA) is 37.1 Å². The van der Waals surface area contributed by atoms with Crippen LogP contribution >= 0.6 is 0 Å². The van der Waals surface area contributed by atoms with Crippen LogP contribution in [-0.2, 0) is 12.0 Å². The van der Waals surface area contributed by atoms with Gasteiger partial charge in [0.1, 0.15) is 11.4 Å². The molecule has 1 atom stereocenters. The molecule has 0 saturated carbocycles. The van der Waals surface area contributed by atoms with Crippen molar-refractivity contribution < 1.29 is 9.84 Å². The zero-order chi connectivity index (χ0) is 17.5. The van der Waals surface area contributed by atoms with Gasteiger partial charge in [-0.25, -0.2) is 4.85 Å². The van der Waals surface area contributed by atoms with Crippen LogP contribution in [0.4, 0.5) is 5.69 Å². The number of benzene rings is 1. The molecule has 3 rings (SSSR count). The standard InChI is InChI=1S/C20H28N2O2/c1-6-24-18-16(21-4)8-7-14-13-19(2,3)20(23,17(14)18)15-9-11-22(5)12-10-15/h7-8,15,23H,6,9-13H2,1-3,5H3. The van der Waals surface area contributed by atoms with Crippen molar-refractivity contribution in [2.24, 2.45) is 11.3 Å². The lowest BCUT2D eigenvalue weighted by molar-refractivity contribution is -0.122. The summed E-state index contributed by atoms with van der Waals surface area (Å²) in [6, 6.07) is 3.85. The van der Waals surface area contributed by atoms with Gasteiger partial charge in [-0.05, 0) is 57.8 Å². The van der Waals surface area contributed by atoms with Gasteiger partial charge in [0.05, 0.1) is 13.2 Å². The molecule has 0 aromatic heterocycles. The van der Waals surface area contributed by atoms with Crippen molar-refractivity contribution in [1.29, 1.82) is 0 Å². The molecule has 1 aliphatic heterocycles. The Hall–Kier alpha value is -1.57. The molecule has 2 aliphatic rings. The lowest BCUT2D eigenvalue weighted by Crippen LogP contribution is -2.49. The van der Waals surface area contributed by atoms with Gasteiger partial charge in [-0.3, -0.25) is 0 Å². The molecule has 1 N–H and O–H groups in total. The zero-order valence-corrected chi connectivity index (χ0v) is 15.2. The van der Waals surface area contributed by atoms with Crippen molar-refractivity contribution in [1.82, 2.24) is 4.90 Å². The lowest BCUT2D eigenvalue weighted by Gasteiger charge is -2.47. The molecule has 1 saturated heterocycles. The predicted octanol–water partition coefficient (Wildman–Crippen LogP) is 3.75. The Kier molecular flexibility index (Phi) is 4.36. The molecule has 0 amide bonds. The summed E-state index contributed by atoms with van der Waals surface area (Å²) in [7, 11) is 2.14. The van der Waals surface area contributed by atoms with E-state index in [9.17, 15) is 5.11 Å². The molecule has 130 valence electrons. The van der Waals surface area contributed by atoms with Gasteiger partial charge in [-0.15, -0.1) is 0 Å². The maximum Gasteiger partial charge on any atom is 0.228 e. The molecule has 24 heavy (non-hydrogen) atoms. The minimum absolute atomic E-state index is 0.199. The Morgan fingerprint density at radius 2 is 2.00 bits per heavy atom. The summed E-state index contributed by atoms with van der Waals surface area (Å²) >= 11 is 0. The van der Waals surface area contributed by atoms with E-state index >= 15 is 0 Å². The number of hydrogen-bond donors (Lipinski definition) is 1. The first-order chi connectivity index (χ1) is 11.3. The van der Waals surface area contributed by atoms with Crippen LogP contribution in [0.3, 0.4) is 0 Å². The maximum atomic E-state index is 12.0. The second-order valence-electron chi connectivity index (χ2n) is 7.90. The van der Waals surface area contributed by atoms with Crippen LogP contribution in [0.2, 0.25) is 0 Å². The van der Waals surface area contributed by atoms with Gasteiger partial charge in [-0.1, -0.05) is 26.0 Å². The second kappa shape index (κ2) is 6.06. The summed E-state index contributed by atoms with van der Waals surface area (Å²) in [5.41, 5.74) is 1.34. The van der Waals surface area contributed by atoms with Crippen molar-refractivity contribution >= 4 is 5.69 Å². The van der Waals surface area contributed by atoms with Gasteiger partial charge in [0.15, 0.2) is 0 Å². The third-order valence-corrected chi connectivity index (χ3v) is 5.99. The number of aliphatic hydroxyl groups is 1. The molecule has 0 spiro atoms. The fraction of sp³-hybridized carbons (Fsp3) is 0.650. The van der Waals surface area contributed by atoms with Gasteiger partial charge < -0.3 is 14.7 Å². The minimum Gasteiger partial charge on any atom is -0.504 e. The fourth-order valence-electron chi connectivity index (χ4n) is 4.69. The molecule has 1 fully saturated rings. The normalized spacial score (nSPS) is 26.8. The summed E-state index contributed by atoms with van der Waals surface area (Å²) in [6.45, 7) is 16.2. The van der Waals surface area contributed by atoms with E-state index in [-0.39, 0.29) is 11.3 Å². The zero-order valence-electron chi connectivity index (χ0n) is 15.2. The number of hydrogen-bond acceptors (Lipinski definition) is 3. The molecule has 1 aromatic rings. The number of fused-ring (bicyclic) bond motifs is 1. The van der Waals surface area contributed by atoms with Crippen LogP contribution < -0.4 is 4.74 Å². The minimum atomic E-state index is -0.936. The molecule has 1 aliphatic carbocycles. The smallest absolute Gasteiger partial charge is 0.228 e. The predicted molar refractivity (Wildman–Crippen MR) is 95.5 cm³/mol. The number of rotatable bonds is 3. The molecule has 4 nitrogen and oxygen atoms in total. The van der Waals surface area contributed by atoms with Crippen LogP contribution in [0.25, 0.3) is 4.85 Å². The Labute approximate surface area is 145 Å². The van der Waals surface area contributed by atoms with E-state index in [0.717, 1.165) is 43.5 Å². The number of piperidine rings is 1. The molecule has 1 aromatic carbocycles. The highest BCUT2D eigenvalue weighted by Crippen LogP contribution is 2.60. The monoisotopic (exact) mass is 328 g/mol. The molecule has 0 radical (unpaired) electrons. The highest BCUT2D eigenvalue weighted by atomic mass is 16.5. The fourth-order valence-corrected chi connectivity index (χ4v) is 4.69. The Bertz CT molecular complexity index is 669. The van der Waals surface area contributed by atoms with Crippen molar-refractivity contribution in [2.75, 3.05) is 26.7 Å². The summed E-state index contributed by atoms with van der Waals surface area (Å²) in [5.74, 6) is 0.808. The number of nitrogens with zero attached hydrogens (tertiary/aromatic N) is 2. The van der Waals surface area contributed by atoms with Crippen LogP contribution in [0.5, 0.6) is 5.75 Å². The highest BCUT2D eigenvalue weighted by Gasteiger charge is 2.57. The summed E-state index contributed by atoms with van der Waals surface area (Å²) in [5, 5.41) is 12.0.